The van der Waals surface area contributed by atoms with Crippen molar-refractivity contribution < 1.29 is 14.1 Å². The van der Waals surface area contributed by atoms with Crippen LogP contribution in [-0.2, 0) is 10.2 Å². The van der Waals surface area contributed by atoms with E-state index in [-0.39, 0.29) is 23.8 Å². The molecule has 1 saturated heterocycles. The first-order chi connectivity index (χ1) is 11.2. The van der Waals surface area contributed by atoms with Gasteiger partial charge in [-0.3, -0.25) is 0 Å². The van der Waals surface area contributed by atoms with E-state index in [1.165, 1.54) is 20.0 Å². The molecule has 2 heterocycles. The van der Waals surface area contributed by atoms with Crippen molar-refractivity contribution in [2.45, 2.75) is 24.7 Å². The van der Waals surface area contributed by atoms with E-state index in [9.17, 15) is 4.79 Å². The third kappa shape index (κ3) is 2.59. The molecule has 1 N–H and O–H groups in total. The molecule has 1 aliphatic heterocycles. The van der Waals surface area contributed by atoms with Gasteiger partial charge in [0.05, 0.1) is 18.1 Å². The van der Waals surface area contributed by atoms with Crippen molar-refractivity contribution in [1.29, 1.82) is 0 Å². The Bertz CT molecular complexity index is 736. The summed E-state index contributed by atoms with van der Waals surface area (Å²) in [5.74, 6) is 1.46. The highest BCUT2D eigenvalue weighted by molar-refractivity contribution is 5.90. The Morgan fingerprint density at radius 3 is 3.17 bits per heavy atom. The lowest BCUT2D eigenvalue weighted by molar-refractivity contribution is 0.0601. The molecule has 0 spiro atoms. The number of aromatic nitrogens is 2. The summed E-state index contributed by atoms with van der Waals surface area (Å²) in [6.45, 7) is 1.93. The summed E-state index contributed by atoms with van der Waals surface area (Å²) in [6, 6.07) is 7.11. The zero-order chi connectivity index (χ0) is 15.9. The zero-order valence-electron chi connectivity index (χ0n) is 13.4. The molecule has 2 aromatic rings. The topological polar surface area (TPSA) is 77.2 Å². The molecule has 128 valence electrons. The smallest absolute Gasteiger partial charge is 0.337 e. The lowest BCUT2D eigenvalue weighted by Gasteiger charge is -2.22. The number of nitrogens with one attached hydrogen (secondary N) is 1. The monoisotopic (exact) mass is 349 g/mol. The number of fused-ring (bicyclic) bond motifs is 1. The maximum atomic E-state index is 11.7. The first-order valence-corrected chi connectivity index (χ1v) is 7.96. The van der Waals surface area contributed by atoms with Crippen molar-refractivity contribution in [3.8, 4) is 11.4 Å². The number of ether oxygens (including phenoxy) is 1. The number of halogens is 1. The minimum Gasteiger partial charge on any atom is -0.465 e. The normalized spacial score (nSPS) is 25.1. The Balaban J connectivity index is 0.00000169. The molecule has 24 heavy (non-hydrogen) atoms. The second-order valence-corrected chi connectivity index (χ2v) is 6.37. The summed E-state index contributed by atoms with van der Waals surface area (Å²) in [7, 11) is 1.37. The molecule has 0 bridgehead atoms. The van der Waals surface area contributed by atoms with Crippen LogP contribution >= 0.6 is 12.4 Å². The van der Waals surface area contributed by atoms with Gasteiger partial charge < -0.3 is 14.6 Å². The molecular formula is C17H20ClN3O3. The number of carbonyl (C=O) groups is 1. The van der Waals surface area contributed by atoms with Crippen LogP contribution in [0.25, 0.3) is 11.4 Å². The van der Waals surface area contributed by atoms with Crippen LogP contribution in [0.15, 0.2) is 28.8 Å². The van der Waals surface area contributed by atoms with E-state index in [2.05, 4.69) is 15.5 Å². The van der Waals surface area contributed by atoms with Crippen molar-refractivity contribution >= 4 is 18.4 Å². The van der Waals surface area contributed by atoms with Gasteiger partial charge in [0.15, 0.2) is 0 Å². The number of rotatable bonds is 3. The maximum absolute atomic E-state index is 11.7. The number of hydrogen-bond donors (Lipinski definition) is 1. The third-order valence-electron chi connectivity index (χ3n) is 5.18. The Morgan fingerprint density at radius 1 is 1.46 bits per heavy atom. The Kier molecular flexibility index (Phi) is 4.60. The summed E-state index contributed by atoms with van der Waals surface area (Å²) in [5, 5.41) is 7.60. The second kappa shape index (κ2) is 6.53. The average molecular weight is 350 g/mol. The summed E-state index contributed by atoms with van der Waals surface area (Å²) in [4.78, 5) is 16.3. The SMILES string of the molecule is COC(=O)c1cccc(-c2noc([C@@]34CCC[C@@H]3CNC4)n2)c1.Cl. The van der Waals surface area contributed by atoms with Gasteiger partial charge in [0.1, 0.15) is 0 Å². The quantitative estimate of drug-likeness (QED) is 0.858. The summed E-state index contributed by atoms with van der Waals surface area (Å²) >= 11 is 0. The first kappa shape index (κ1) is 16.9. The van der Waals surface area contributed by atoms with Crippen LogP contribution in [0.2, 0.25) is 0 Å². The molecule has 1 aromatic heterocycles. The summed E-state index contributed by atoms with van der Waals surface area (Å²) < 4.78 is 10.4. The van der Waals surface area contributed by atoms with E-state index < -0.39 is 0 Å². The first-order valence-electron chi connectivity index (χ1n) is 7.96. The van der Waals surface area contributed by atoms with Crippen molar-refractivity contribution in [3.63, 3.8) is 0 Å². The van der Waals surface area contributed by atoms with E-state index in [4.69, 9.17) is 9.26 Å². The molecule has 1 aliphatic carbocycles. The molecule has 1 saturated carbocycles. The van der Waals surface area contributed by atoms with E-state index in [0.29, 0.717) is 17.3 Å². The minimum absolute atomic E-state index is 0. The molecule has 0 radical (unpaired) electrons. The second-order valence-electron chi connectivity index (χ2n) is 6.37. The molecule has 2 fully saturated rings. The van der Waals surface area contributed by atoms with Gasteiger partial charge in [0.25, 0.3) is 0 Å². The molecule has 2 aliphatic rings. The van der Waals surface area contributed by atoms with Crippen LogP contribution in [0, 0.1) is 5.92 Å². The summed E-state index contributed by atoms with van der Waals surface area (Å²) in [5.41, 5.74) is 1.24. The molecule has 1 aromatic carbocycles. The highest BCUT2D eigenvalue weighted by Crippen LogP contribution is 2.47. The number of esters is 1. The van der Waals surface area contributed by atoms with E-state index in [1.54, 1.807) is 18.2 Å². The van der Waals surface area contributed by atoms with Crippen LogP contribution in [0.3, 0.4) is 0 Å². The van der Waals surface area contributed by atoms with Gasteiger partial charge in [-0.25, -0.2) is 4.79 Å². The molecule has 0 unspecified atom stereocenters. The lowest BCUT2D eigenvalue weighted by Crippen LogP contribution is -2.31. The Labute approximate surface area is 146 Å². The van der Waals surface area contributed by atoms with Crippen molar-refractivity contribution in [2.24, 2.45) is 5.92 Å². The van der Waals surface area contributed by atoms with Crippen LogP contribution in [0.4, 0.5) is 0 Å². The zero-order valence-corrected chi connectivity index (χ0v) is 14.3. The third-order valence-corrected chi connectivity index (χ3v) is 5.18. The van der Waals surface area contributed by atoms with Crippen LogP contribution in [0.1, 0.15) is 35.5 Å². The number of methoxy groups -OCH3 is 1. The molecular weight excluding hydrogens is 330 g/mol. The van der Waals surface area contributed by atoms with Gasteiger partial charge in [0.2, 0.25) is 11.7 Å². The minimum atomic E-state index is -0.370. The van der Waals surface area contributed by atoms with Gasteiger partial charge in [-0.15, -0.1) is 12.4 Å². The highest BCUT2D eigenvalue weighted by Gasteiger charge is 2.51. The number of benzene rings is 1. The largest absolute Gasteiger partial charge is 0.465 e. The van der Waals surface area contributed by atoms with Crippen LogP contribution in [-0.4, -0.2) is 36.3 Å². The standard InChI is InChI=1S/C17H19N3O3.ClH/c1-22-15(21)12-5-2-4-11(8-12)14-19-16(23-20-14)17-7-3-6-13(17)9-18-10-17;/h2,4-5,8,13,18H,3,6-7,9-10H2,1H3;1H/t13-,17-;/m1./s1. The fraction of sp³-hybridized carbons (Fsp3) is 0.471. The predicted octanol–water partition coefficient (Wildman–Crippen LogP) is 2.59. The molecule has 4 rings (SSSR count). The predicted molar refractivity (Wildman–Crippen MR) is 90.2 cm³/mol. The highest BCUT2D eigenvalue weighted by atomic mass is 35.5. The van der Waals surface area contributed by atoms with Gasteiger partial charge in [-0.1, -0.05) is 23.7 Å². The van der Waals surface area contributed by atoms with Gasteiger partial charge in [-0.05, 0) is 37.4 Å². The van der Waals surface area contributed by atoms with Crippen molar-refractivity contribution in [2.75, 3.05) is 20.2 Å². The summed E-state index contributed by atoms with van der Waals surface area (Å²) in [6.07, 6.45) is 3.51. The maximum Gasteiger partial charge on any atom is 0.337 e. The van der Waals surface area contributed by atoms with Crippen molar-refractivity contribution in [3.05, 3.63) is 35.7 Å². The van der Waals surface area contributed by atoms with Crippen LogP contribution in [0.5, 0.6) is 0 Å². The van der Waals surface area contributed by atoms with E-state index in [0.717, 1.165) is 31.0 Å². The van der Waals surface area contributed by atoms with Gasteiger partial charge >= 0.3 is 5.97 Å². The van der Waals surface area contributed by atoms with E-state index >= 15 is 0 Å². The van der Waals surface area contributed by atoms with Gasteiger partial charge in [-0.2, -0.15) is 4.98 Å². The molecule has 2 atom stereocenters. The number of carbonyl (C=O) groups excluding carboxylic acids is 1. The average Bonchev–Trinajstić information content (AvgIpc) is 3.28. The molecule has 6 nitrogen and oxygen atoms in total. The molecule has 7 heteroatoms. The van der Waals surface area contributed by atoms with E-state index in [1.807, 2.05) is 6.07 Å². The van der Waals surface area contributed by atoms with Gasteiger partial charge in [0, 0.05) is 12.1 Å². The number of hydrogen-bond acceptors (Lipinski definition) is 6. The fourth-order valence-electron chi connectivity index (χ4n) is 3.95. The fourth-order valence-corrected chi connectivity index (χ4v) is 3.95. The number of nitrogens with zero attached hydrogens (tertiary/aromatic N) is 2. The Hall–Kier alpha value is -1.92. The van der Waals surface area contributed by atoms with Crippen LogP contribution < -0.4 is 5.32 Å². The Morgan fingerprint density at radius 2 is 2.33 bits per heavy atom. The van der Waals surface area contributed by atoms with Crippen molar-refractivity contribution in [1.82, 2.24) is 15.5 Å². The lowest BCUT2D eigenvalue weighted by atomic mass is 9.80. The molecule has 0 amide bonds.